The zero-order valence-corrected chi connectivity index (χ0v) is 10.4. The smallest absolute Gasteiger partial charge is 0.262 e. The Morgan fingerprint density at radius 2 is 2.40 bits per heavy atom. The zero-order chi connectivity index (χ0) is 11.4. The van der Waals surface area contributed by atoms with Gasteiger partial charge in [0.2, 0.25) is 0 Å². The molecule has 5 heteroatoms. The van der Waals surface area contributed by atoms with Crippen molar-refractivity contribution in [1.82, 2.24) is 5.32 Å². The van der Waals surface area contributed by atoms with E-state index in [1.807, 2.05) is 25.3 Å². The van der Waals surface area contributed by atoms with Gasteiger partial charge in [0.1, 0.15) is 0 Å². The number of carbonyl (C=O) groups is 1. The average molecular weight is 242 g/mol. The van der Waals surface area contributed by atoms with Gasteiger partial charge in [-0.05, 0) is 30.4 Å². The first kappa shape index (κ1) is 12.1. The fourth-order valence-electron chi connectivity index (χ4n) is 1.20. The van der Waals surface area contributed by atoms with Gasteiger partial charge in [0.05, 0.1) is 15.9 Å². The van der Waals surface area contributed by atoms with Crippen LogP contribution in [0.5, 0.6) is 0 Å². The SMILES string of the molecule is CCC(NC(=O)c1sccc1C)C(N)=S. The molecule has 0 radical (unpaired) electrons. The van der Waals surface area contributed by atoms with Crippen LogP contribution < -0.4 is 11.1 Å². The molecule has 0 fully saturated rings. The highest BCUT2D eigenvalue weighted by Gasteiger charge is 2.16. The molecular formula is C10H14N2OS2. The van der Waals surface area contributed by atoms with Crippen LogP contribution in [-0.2, 0) is 0 Å². The minimum Gasteiger partial charge on any atom is -0.392 e. The molecule has 1 aromatic heterocycles. The van der Waals surface area contributed by atoms with E-state index in [1.54, 1.807) is 0 Å². The Balaban J connectivity index is 2.71. The van der Waals surface area contributed by atoms with Gasteiger partial charge in [-0.15, -0.1) is 11.3 Å². The van der Waals surface area contributed by atoms with Gasteiger partial charge in [-0.1, -0.05) is 19.1 Å². The third kappa shape index (κ3) is 3.00. The Bertz CT molecular complexity index is 373. The minimum absolute atomic E-state index is 0.0952. The molecule has 0 spiro atoms. The van der Waals surface area contributed by atoms with Gasteiger partial charge in [-0.3, -0.25) is 4.79 Å². The molecule has 1 unspecified atom stereocenters. The summed E-state index contributed by atoms with van der Waals surface area (Å²) in [6.45, 7) is 3.85. The number of amides is 1. The van der Waals surface area contributed by atoms with E-state index in [0.29, 0.717) is 11.4 Å². The van der Waals surface area contributed by atoms with E-state index in [4.69, 9.17) is 18.0 Å². The van der Waals surface area contributed by atoms with Crippen LogP contribution in [0.1, 0.15) is 28.6 Å². The maximum atomic E-state index is 11.8. The molecule has 1 heterocycles. The first-order chi connectivity index (χ1) is 7.06. The van der Waals surface area contributed by atoms with Crippen molar-refractivity contribution in [1.29, 1.82) is 0 Å². The summed E-state index contributed by atoms with van der Waals surface area (Å²) in [6, 6.07) is 1.70. The molecule has 1 atom stereocenters. The Kier molecular flexibility index (Phi) is 4.23. The molecule has 3 N–H and O–H groups in total. The van der Waals surface area contributed by atoms with Crippen LogP contribution >= 0.6 is 23.6 Å². The lowest BCUT2D eigenvalue weighted by atomic mass is 10.2. The summed E-state index contributed by atoms with van der Waals surface area (Å²) in [5.41, 5.74) is 6.49. The second-order valence-electron chi connectivity index (χ2n) is 3.27. The largest absolute Gasteiger partial charge is 0.392 e. The molecule has 15 heavy (non-hydrogen) atoms. The Morgan fingerprint density at radius 1 is 1.73 bits per heavy atom. The van der Waals surface area contributed by atoms with Crippen molar-refractivity contribution >= 4 is 34.5 Å². The van der Waals surface area contributed by atoms with Crippen molar-refractivity contribution in [3.63, 3.8) is 0 Å². The van der Waals surface area contributed by atoms with Gasteiger partial charge < -0.3 is 11.1 Å². The first-order valence-corrected chi connectivity index (χ1v) is 5.99. The summed E-state index contributed by atoms with van der Waals surface area (Å²) in [7, 11) is 0. The summed E-state index contributed by atoms with van der Waals surface area (Å²) in [5.74, 6) is -0.0952. The highest BCUT2D eigenvalue weighted by molar-refractivity contribution is 7.80. The van der Waals surface area contributed by atoms with Crippen LogP contribution in [0.4, 0.5) is 0 Å². The van der Waals surface area contributed by atoms with Crippen molar-refractivity contribution in [2.24, 2.45) is 5.73 Å². The maximum absolute atomic E-state index is 11.8. The second kappa shape index (κ2) is 5.23. The van der Waals surface area contributed by atoms with Crippen molar-refractivity contribution in [3.05, 3.63) is 21.9 Å². The summed E-state index contributed by atoms with van der Waals surface area (Å²) < 4.78 is 0. The van der Waals surface area contributed by atoms with E-state index >= 15 is 0 Å². The standard InChI is InChI=1S/C10H14N2OS2/c1-3-7(9(11)14)12-10(13)8-6(2)4-5-15-8/h4-5,7H,3H2,1-2H3,(H2,11,14)(H,12,13). The van der Waals surface area contributed by atoms with Gasteiger partial charge in [-0.25, -0.2) is 0 Å². The number of hydrogen-bond acceptors (Lipinski definition) is 3. The number of nitrogens with two attached hydrogens (primary N) is 1. The topological polar surface area (TPSA) is 55.1 Å². The zero-order valence-electron chi connectivity index (χ0n) is 8.74. The van der Waals surface area contributed by atoms with E-state index in [9.17, 15) is 4.79 Å². The Morgan fingerprint density at radius 3 is 2.80 bits per heavy atom. The predicted octanol–water partition coefficient (Wildman–Crippen LogP) is 1.85. The third-order valence-electron chi connectivity index (χ3n) is 2.13. The Labute approximate surface area is 98.7 Å². The van der Waals surface area contributed by atoms with Gasteiger partial charge in [0, 0.05) is 0 Å². The summed E-state index contributed by atoms with van der Waals surface area (Å²) in [5, 5.41) is 4.71. The van der Waals surface area contributed by atoms with Gasteiger partial charge in [0.15, 0.2) is 0 Å². The monoisotopic (exact) mass is 242 g/mol. The van der Waals surface area contributed by atoms with Crippen molar-refractivity contribution in [2.45, 2.75) is 26.3 Å². The number of carbonyl (C=O) groups excluding carboxylic acids is 1. The molecule has 3 nitrogen and oxygen atoms in total. The summed E-state index contributed by atoms with van der Waals surface area (Å²) in [4.78, 5) is 12.8. The average Bonchev–Trinajstić information content (AvgIpc) is 2.60. The molecule has 82 valence electrons. The number of rotatable bonds is 4. The van der Waals surface area contributed by atoms with Crippen LogP contribution in [0.3, 0.4) is 0 Å². The van der Waals surface area contributed by atoms with Crippen LogP contribution in [0.25, 0.3) is 0 Å². The number of aryl methyl sites for hydroxylation is 1. The number of nitrogens with one attached hydrogen (secondary N) is 1. The first-order valence-electron chi connectivity index (χ1n) is 4.70. The number of thiophene rings is 1. The minimum atomic E-state index is -0.214. The lowest BCUT2D eigenvalue weighted by Gasteiger charge is -2.14. The second-order valence-corrected chi connectivity index (χ2v) is 4.66. The highest BCUT2D eigenvalue weighted by atomic mass is 32.1. The lowest BCUT2D eigenvalue weighted by Crippen LogP contribution is -2.42. The summed E-state index contributed by atoms with van der Waals surface area (Å²) in [6.07, 6.45) is 0.714. The van der Waals surface area contributed by atoms with E-state index in [2.05, 4.69) is 5.32 Å². The van der Waals surface area contributed by atoms with Crippen LogP contribution in [0, 0.1) is 6.92 Å². The van der Waals surface area contributed by atoms with E-state index in [-0.39, 0.29) is 11.9 Å². The molecule has 0 saturated carbocycles. The molecule has 0 aliphatic heterocycles. The molecule has 0 aliphatic rings. The fraction of sp³-hybridized carbons (Fsp3) is 0.400. The molecular weight excluding hydrogens is 228 g/mol. The van der Waals surface area contributed by atoms with Crippen molar-refractivity contribution in [3.8, 4) is 0 Å². The lowest BCUT2D eigenvalue weighted by molar-refractivity contribution is 0.0950. The number of thiocarbonyl (C=S) groups is 1. The van der Waals surface area contributed by atoms with Crippen LogP contribution in [0.15, 0.2) is 11.4 Å². The van der Waals surface area contributed by atoms with Crippen molar-refractivity contribution in [2.75, 3.05) is 0 Å². The maximum Gasteiger partial charge on any atom is 0.262 e. The van der Waals surface area contributed by atoms with Gasteiger partial charge >= 0.3 is 0 Å². The molecule has 0 aromatic carbocycles. The fourth-order valence-corrected chi connectivity index (χ4v) is 2.26. The van der Waals surface area contributed by atoms with E-state index in [0.717, 1.165) is 10.4 Å². The van der Waals surface area contributed by atoms with Gasteiger partial charge in [-0.2, -0.15) is 0 Å². The van der Waals surface area contributed by atoms with E-state index in [1.165, 1.54) is 11.3 Å². The highest BCUT2D eigenvalue weighted by Crippen LogP contribution is 2.15. The Hall–Kier alpha value is -0.940. The molecule has 1 rings (SSSR count). The molecule has 0 bridgehead atoms. The van der Waals surface area contributed by atoms with Crippen LogP contribution in [-0.4, -0.2) is 16.9 Å². The van der Waals surface area contributed by atoms with Crippen LogP contribution in [0.2, 0.25) is 0 Å². The molecule has 1 aromatic rings. The molecule has 1 amide bonds. The normalized spacial score (nSPS) is 12.1. The third-order valence-corrected chi connectivity index (χ3v) is 3.43. The molecule has 0 saturated heterocycles. The molecule has 0 aliphatic carbocycles. The van der Waals surface area contributed by atoms with Crippen molar-refractivity contribution < 1.29 is 4.79 Å². The van der Waals surface area contributed by atoms with E-state index < -0.39 is 0 Å². The predicted molar refractivity (Wildman–Crippen MR) is 67.4 cm³/mol. The summed E-state index contributed by atoms with van der Waals surface area (Å²) >= 11 is 6.29. The van der Waals surface area contributed by atoms with Gasteiger partial charge in [0.25, 0.3) is 5.91 Å². The quantitative estimate of drug-likeness (QED) is 0.792. The number of hydrogen-bond donors (Lipinski definition) is 2.